The fourth-order valence-corrected chi connectivity index (χ4v) is 4.85. The van der Waals surface area contributed by atoms with E-state index in [2.05, 4.69) is 5.32 Å². The van der Waals surface area contributed by atoms with Crippen LogP contribution in [0.15, 0.2) is 36.4 Å². The highest BCUT2D eigenvalue weighted by Crippen LogP contribution is 2.43. The van der Waals surface area contributed by atoms with Gasteiger partial charge in [-0.05, 0) is 74.6 Å². The van der Waals surface area contributed by atoms with Gasteiger partial charge in [-0.1, -0.05) is 0 Å². The summed E-state index contributed by atoms with van der Waals surface area (Å²) in [4.78, 5) is 38.1. The molecule has 2 fully saturated rings. The number of carbonyl (C=O) groups is 3. The van der Waals surface area contributed by atoms with Gasteiger partial charge in [-0.2, -0.15) is 8.78 Å². The van der Waals surface area contributed by atoms with Gasteiger partial charge in [0.15, 0.2) is 0 Å². The monoisotopic (exact) mass is 477 g/mol. The van der Waals surface area contributed by atoms with E-state index in [-0.39, 0.29) is 29.7 Å². The van der Waals surface area contributed by atoms with Gasteiger partial charge < -0.3 is 16.0 Å². The Balaban J connectivity index is 1.58. The maximum atomic E-state index is 15.3. The molecule has 4 rings (SSSR count). The molecular weight excluding hydrogens is 454 g/mol. The third kappa shape index (κ3) is 4.24. The Kier molecular flexibility index (Phi) is 6.09. The molecule has 2 aliphatic heterocycles. The predicted molar refractivity (Wildman–Crippen MR) is 115 cm³/mol. The Labute approximate surface area is 193 Å². The largest absolute Gasteiger partial charge is 0.369 e. The Bertz CT molecular complexity index is 1160. The number of nitrogens with two attached hydrogens (primary N) is 1. The summed E-state index contributed by atoms with van der Waals surface area (Å²) in [6.07, 6.45) is 1.29. The number of fused-ring (bicyclic) bond motifs is 2. The van der Waals surface area contributed by atoms with Crippen LogP contribution in [0.5, 0.6) is 0 Å². The van der Waals surface area contributed by atoms with E-state index in [4.69, 9.17) is 5.73 Å². The predicted octanol–water partition coefficient (Wildman–Crippen LogP) is 3.87. The van der Waals surface area contributed by atoms with E-state index in [0.717, 1.165) is 17.0 Å². The molecular formula is C24H23F4N3O3. The summed E-state index contributed by atoms with van der Waals surface area (Å²) < 4.78 is 58.5. The van der Waals surface area contributed by atoms with Crippen LogP contribution in [0.1, 0.15) is 47.2 Å². The molecule has 0 radical (unpaired) electrons. The summed E-state index contributed by atoms with van der Waals surface area (Å²) >= 11 is 0. The molecule has 180 valence electrons. The number of benzene rings is 2. The molecule has 0 aromatic heterocycles. The number of primary amides is 1. The molecule has 0 aliphatic carbocycles. The van der Waals surface area contributed by atoms with E-state index >= 15 is 8.78 Å². The van der Waals surface area contributed by atoms with Gasteiger partial charge in [0.2, 0.25) is 5.91 Å². The molecule has 34 heavy (non-hydrogen) atoms. The van der Waals surface area contributed by atoms with Crippen LogP contribution in [0.3, 0.4) is 0 Å². The standard InChI is InChI=1S/C24H23F4N3O3/c1-12-8-15(3-7-19(12)25)30-22(33)13-2-6-20(26)18(11-13)24(27,28)23(34)31-16-4-5-17(31)10-14(9-16)21(29)32/h2-3,6-8,11,14,16-17H,4-5,9-10H2,1H3,(H2,29,32)(H,30,33)/t14?,16-,17?/m1/s1. The highest BCUT2D eigenvalue weighted by Gasteiger charge is 2.53. The van der Waals surface area contributed by atoms with E-state index in [0.29, 0.717) is 25.0 Å². The molecule has 2 aromatic carbocycles. The minimum absolute atomic E-state index is 0.190. The fourth-order valence-electron chi connectivity index (χ4n) is 4.85. The number of anilines is 1. The zero-order chi connectivity index (χ0) is 24.8. The summed E-state index contributed by atoms with van der Waals surface area (Å²) in [7, 11) is 0. The van der Waals surface area contributed by atoms with Crippen molar-refractivity contribution < 1.29 is 31.9 Å². The topological polar surface area (TPSA) is 92.5 Å². The molecule has 0 saturated carbocycles. The SMILES string of the molecule is Cc1cc(NC(=O)c2ccc(F)c(C(F)(F)C(=O)N3C4CC[C@@H]3CC(C(N)=O)C4)c2)ccc1F. The van der Waals surface area contributed by atoms with Crippen molar-refractivity contribution in [1.82, 2.24) is 4.90 Å². The number of amides is 3. The van der Waals surface area contributed by atoms with Gasteiger partial charge in [-0.25, -0.2) is 8.78 Å². The van der Waals surface area contributed by atoms with Crippen LogP contribution < -0.4 is 11.1 Å². The van der Waals surface area contributed by atoms with Crippen LogP contribution in [0.4, 0.5) is 23.2 Å². The molecule has 3 N–H and O–H groups in total. The number of piperidine rings is 1. The van der Waals surface area contributed by atoms with Crippen LogP contribution in [-0.2, 0) is 15.5 Å². The number of hydrogen-bond acceptors (Lipinski definition) is 3. The second-order valence-corrected chi connectivity index (χ2v) is 8.86. The summed E-state index contributed by atoms with van der Waals surface area (Å²) in [5.41, 5.74) is 4.35. The zero-order valence-electron chi connectivity index (χ0n) is 18.3. The number of rotatable bonds is 5. The normalized spacial score (nSPS) is 21.9. The average Bonchev–Trinajstić information content (AvgIpc) is 3.04. The summed E-state index contributed by atoms with van der Waals surface area (Å²) in [6, 6.07) is 5.02. The minimum Gasteiger partial charge on any atom is -0.369 e. The number of nitrogens with one attached hydrogen (secondary N) is 1. The Morgan fingerprint density at radius 3 is 2.21 bits per heavy atom. The smallest absolute Gasteiger partial charge is 0.352 e. The van der Waals surface area contributed by atoms with Gasteiger partial charge in [0.05, 0.1) is 5.56 Å². The molecule has 2 bridgehead atoms. The summed E-state index contributed by atoms with van der Waals surface area (Å²) in [6.45, 7) is 1.49. The maximum absolute atomic E-state index is 15.3. The molecule has 10 heteroatoms. The van der Waals surface area contributed by atoms with Crippen LogP contribution >= 0.6 is 0 Å². The quantitative estimate of drug-likeness (QED) is 0.641. The third-order valence-electron chi connectivity index (χ3n) is 6.62. The van der Waals surface area contributed by atoms with E-state index in [9.17, 15) is 23.2 Å². The molecule has 3 amide bonds. The van der Waals surface area contributed by atoms with Gasteiger partial charge in [0.25, 0.3) is 11.8 Å². The van der Waals surface area contributed by atoms with Crippen molar-refractivity contribution in [1.29, 1.82) is 0 Å². The van der Waals surface area contributed by atoms with E-state index in [1.54, 1.807) is 0 Å². The van der Waals surface area contributed by atoms with Crippen molar-refractivity contribution in [3.05, 3.63) is 64.7 Å². The van der Waals surface area contributed by atoms with Crippen LogP contribution in [0.2, 0.25) is 0 Å². The summed E-state index contributed by atoms with van der Waals surface area (Å²) in [5.74, 6) is -9.44. The number of hydrogen-bond donors (Lipinski definition) is 2. The maximum Gasteiger partial charge on any atom is 0.352 e. The number of halogens is 4. The minimum atomic E-state index is -4.23. The first-order valence-corrected chi connectivity index (χ1v) is 10.9. The van der Waals surface area contributed by atoms with E-state index in [1.165, 1.54) is 19.1 Å². The van der Waals surface area contributed by atoms with E-state index in [1.807, 2.05) is 0 Å². The van der Waals surface area contributed by atoms with Gasteiger partial charge in [-0.15, -0.1) is 0 Å². The van der Waals surface area contributed by atoms with E-state index < -0.39 is 58.8 Å². The van der Waals surface area contributed by atoms with Gasteiger partial charge in [0.1, 0.15) is 11.6 Å². The van der Waals surface area contributed by atoms with Gasteiger partial charge in [-0.3, -0.25) is 14.4 Å². The molecule has 2 aliphatic rings. The third-order valence-corrected chi connectivity index (χ3v) is 6.62. The number of carbonyl (C=O) groups excluding carboxylic acids is 3. The first-order valence-electron chi connectivity index (χ1n) is 10.9. The Morgan fingerprint density at radius 2 is 1.62 bits per heavy atom. The highest BCUT2D eigenvalue weighted by molar-refractivity contribution is 6.04. The molecule has 2 unspecified atom stereocenters. The number of nitrogens with zero attached hydrogens (tertiary/aromatic N) is 1. The molecule has 6 nitrogen and oxygen atoms in total. The van der Waals surface area contributed by atoms with Crippen molar-refractivity contribution in [3.63, 3.8) is 0 Å². The van der Waals surface area contributed by atoms with Crippen molar-refractivity contribution >= 4 is 23.4 Å². The second-order valence-electron chi connectivity index (χ2n) is 8.86. The lowest BCUT2D eigenvalue weighted by Gasteiger charge is -2.39. The highest BCUT2D eigenvalue weighted by atomic mass is 19.3. The Morgan fingerprint density at radius 1 is 1.00 bits per heavy atom. The van der Waals surface area contributed by atoms with Crippen LogP contribution in [0.25, 0.3) is 0 Å². The van der Waals surface area contributed by atoms with Crippen molar-refractivity contribution in [3.8, 4) is 0 Å². The van der Waals surface area contributed by atoms with Crippen molar-refractivity contribution in [2.45, 2.75) is 50.6 Å². The number of aryl methyl sites for hydroxylation is 1. The fraction of sp³-hybridized carbons (Fsp3) is 0.375. The van der Waals surface area contributed by atoms with Gasteiger partial charge in [0, 0.05) is 29.3 Å². The lowest BCUT2D eigenvalue weighted by atomic mass is 9.89. The molecule has 2 saturated heterocycles. The second kappa shape index (κ2) is 8.73. The van der Waals surface area contributed by atoms with Crippen molar-refractivity contribution in [2.24, 2.45) is 11.7 Å². The van der Waals surface area contributed by atoms with Gasteiger partial charge >= 0.3 is 5.92 Å². The average molecular weight is 477 g/mol. The van der Waals surface area contributed by atoms with Crippen LogP contribution in [0, 0.1) is 24.5 Å². The van der Waals surface area contributed by atoms with Crippen LogP contribution in [-0.4, -0.2) is 34.7 Å². The first-order chi connectivity index (χ1) is 16.0. The number of alkyl halides is 2. The molecule has 2 heterocycles. The lowest BCUT2D eigenvalue weighted by molar-refractivity contribution is -0.165. The zero-order valence-corrected chi connectivity index (χ0v) is 18.3. The molecule has 0 spiro atoms. The summed E-state index contributed by atoms with van der Waals surface area (Å²) in [5, 5.41) is 2.44. The molecule has 3 atom stereocenters. The Hall–Kier alpha value is -3.43. The lowest BCUT2D eigenvalue weighted by Crippen LogP contribution is -2.53. The molecule has 2 aromatic rings. The van der Waals surface area contributed by atoms with Crippen molar-refractivity contribution in [2.75, 3.05) is 5.32 Å². The first kappa shape index (κ1) is 23.7.